The zero-order chi connectivity index (χ0) is 17.4. The van der Waals surface area contributed by atoms with Gasteiger partial charge in [-0.05, 0) is 25.0 Å². The molecule has 1 aliphatic rings. The highest BCUT2D eigenvalue weighted by molar-refractivity contribution is 5.94. The van der Waals surface area contributed by atoms with E-state index in [2.05, 4.69) is 25.3 Å². The van der Waals surface area contributed by atoms with Crippen molar-refractivity contribution >= 4 is 22.6 Å². The van der Waals surface area contributed by atoms with Gasteiger partial charge in [0.25, 0.3) is 0 Å². The number of carbonyl (C=O) groups is 1. The van der Waals surface area contributed by atoms with Gasteiger partial charge in [0.2, 0.25) is 5.91 Å². The molecule has 1 fully saturated rings. The van der Waals surface area contributed by atoms with Gasteiger partial charge >= 0.3 is 6.01 Å². The van der Waals surface area contributed by atoms with Crippen molar-refractivity contribution in [2.45, 2.75) is 18.9 Å². The molecule has 0 bridgehead atoms. The number of anilines is 1. The molecule has 0 aromatic carbocycles. The van der Waals surface area contributed by atoms with Gasteiger partial charge in [0.05, 0.1) is 30.1 Å². The van der Waals surface area contributed by atoms with E-state index in [9.17, 15) is 9.90 Å². The van der Waals surface area contributed by atoms with Crippen LogP contribution < -0.4 is 10.1 Å². The van der Waals surface area contributed by atoms with E-state index in [0.717, 1.165) is 16.6 Å². The topological polar surface area (TPSA) is 113 Å². The number of aromatic nitrogens is 4. The lowest BCUT2D eigenvalue weighted by atomic mass is 9.82. The number of carbonyl (C=O) groups excluding carboxylic acids is 1. The SMILES string of the molecule is COc1nccc(-c2cc3cnc(NC(=O)[C@H]4C[C@@H](O)C4)cc3[nH]2)n1. The summed E-state index contributed by atoms with van der Waals surface area (Å²) in [7, 11) is 1.52. The number of aliphatic hydroxyl groups is 1. The van der Waals surface area contributed by atoms with Gasteiger partial charge < -0.3 is 20.1 Å². The van der Waals surface area contributed by atoms with Crippen LogP contribution in [0.25, 0.3) is 22.3 Å². The number of nitrogens with one attached hydrogen (secondary N) is 2. The van der Waals surface area contributed by atoms with E-state index < -0.39 is 0 Å². The molecule has 0 aliphatic heterocycles. The van der Waals surface area contributed by atoms with E-state index in [1.807, 2.05) is 6.07 Å². The number of fused-ring (bicyclic) bond motifs is 1. The van der Waals surface area contributed by atoms with E-state index >= 15 is 0 Å². The van der Waals surface area contributed by atoms with E-state index in [1.165, 1.54) is 7.11 Å². The summed E-state index contributed by atoms with van der Waals surface area (Å²) in [6, 6.07) is 5.79. The minimum atomic E-state index is -0.359. The molecule has 0 spiro atoms. The Kier molecular flexibility index (Phi) is 3.81. The van der Waals surface area contributed by atoms with Crippen molar-refractivity contribution in [3.63, 3.8) is 0 Å². The summed E-state index contributed by atoms with van der Waals surface area (Å²) in [5.41, 5.74) is 2.35. The predicted octanol–water partition coefficient (Wildman–Crippen LogP) is 1.74. The summed E-state index contributed by atoms with van der Waals surface area (Å²) >= 11 is 0. The first-order chi connectivity index (χ1) is 12.1. The lowest BCUT2D eigenvalue weighted by Gasteiger charge is -2.29. The molecule has 0 saturated heterocycles. The number of methoxy groups -OCH3 is 1. The minimum absolute atomic E-state index is 0.107. The van der Waals surface area contributed by atoms with Crippen LogP contribution in [0.3, 0.4) is 0 Å². The van der Waals surface area contributed by atoms with E-state index in [4.69, 9.17) is 4.74 Å². The summed E-state index contributed by atoms with van der Waals surface area (Å²) in [6.45, 7) is 0. The molecule has 8 nitrogen and oxygen atoms in total. The molecule has 128 valence electrons. The average molecular weight is 339 g/mol. The zero-order valence-corrected chi connectivity index (χ0v) is 13.6. The van der Waals surface area contributed by atoms with Crippen molar-refractivity contribution in [1.82, 2.24) is 19.9 Å². The van der Waals surface area contributed by atoms with Crippen molar-refractivity contribution < 1.29 is 14.6 Å². The second-order valence-corrected chi connectivity index (χ2v) is 6.08. The maximum Gasteiger partial charge on any atom is 0.316 e. The Bertz CT molecular complexity index is 933. The Labute approximate surface area is 143 Å². The number of rotatable bonds is 4. The molecular weight excluding hydrogens is 322 g/mol. The molecule has 1 amide bonds. The highest BCUT2D eigenvalue weighted by Crippen LogP contribution is 2.29. The van der Waals surface area contributed by atoms with Gasteiger partial charge in [0.15, 0.2) is 0 Å². The lowest BCUT2D eigenvalue weighted by molar-refractivity contribution is -0.126. The third kappa shape index (κ3) is 3.03. The standard InChI is InChI=1S/C17H17N5O3/c1-25-17-18-3-2-12(21-17)14-6-10-8-19-15(7-13(10)20-14)22-16(24)9-4-11(23)5-9/h2-3,6-9,11,20,23H,4-5H2,1H3,(H,19,22,24)/t9-,11+. The summed E-state index contributed by atoms with van der Waals surface area (Å²) in [6.07, 6.45) is 3.98. The number of hydrogen-bond donors (Lipinski definition) is 3. The fourth-order valence-electron chi connectivity index (χ4n) is 2.85. The number of amides is 1. The van der Waals surface area contributed by atoms with Crippen LogP contribution in [-0.2, 0) is 4.79 Å². The van der Waals surface area contributed by atoms with Crippen LogP contribution in [0.2, 0.25) is 0 Å². The second-order valence-electron chi connectivity index (χ2n) is 6.08. The fourth-order valence-corrected chi connectivity index (χ4v) is 2.85. The Balaban J connectivity index is 1.57. The molecule has 0 unspecified atom stereocenters. The Morgan fingerprint density at radius 1 is 1.36 bits per heavy atom. The molecule has 4 rings (SSSR count). The summed E-state index contributed by atoms with van der Waals surface area (Å²) < 4.78 is 5.05. The van der Waals surface area contributed by atoms with Crippen LogP contribution in [0.1, 0.15) is 12.8 Å². The van der Waals surface area contributed by atoms with Crippen LogP contribution in [0.4, 0.5) is 5.82 Å². The number of pyridine rings is 1. The van der Waals surface area contributed by atoms with Gasteiger partial charge in [-0.2, -0.15) is 4.98 Å². The normalized spacial score (nSPS) is 19.4. The molecule has 25 heavy (non-hydrogen) atoms. The minimum Gasteiger partial charge on any atom is -0.467 e. The summed E-state index contributed by atoms with van der Waals surface area (Å²) in [4.78, 5) is 27.9. The van der Waals surface area contributed by atoms with Gasteiger partial charge in [-0.25, -0.2) is 9.97 Å². The summed E-state index contributed by atoms with van der Waals surface area (Å²) in [5, 5.41) is 13.0. The van der Waals surface area contributed by atoms with Gasteiger partial charge in [0.1, 0.15) is 5.82 Å². The van der Waals surface area contributed by atoms with Crippen molar-refractivity contribution in [3.05, 3.63) is 30.6 Å². The van der Waals surface area contributed by atoms with Crippen LogP contribution in [0.15, 0.2) is 30.6 Å². The second kappa shape index (κ2) is 6.14. The van der Waals surface area contributed by atoms with Crippen LogP contribution in [0.5, 0.6) is 6.01 Å². The third-order valence-electron chi connectivity index (χ3n) is 4.33. The first-order valence-corrected chi connectivity index (χ1v) is 7.97. The molecular formula is C17H17N5O3. The van der Waals surface area contributed by atoms with Crippen molar-refractivity contribution in [1.29, 1.82) is 0 Å². The quantitative estimate of drug-likeness (QED) is 0.667. The van der Waals surface area contributed by atoms with Gasteiger partial charge in [-0.15, -0.1) is 0 Å². The van der Waals surface area contributed by atoms with Gasteiger partial charge in [-0.1, -0.05) is 0 Å². The lowest BCUT2D eigenvalue weighted by Crippen LogP contribution is -2.37. The molecule has 3 aromatic rings. The fraction of sp³-hybridized carbons (Fsp3) is 0.294. The Hall–Kier alpha value is -3.00. The Morgan fingerprint density at radius 2 is 2.20 bits per heavy atom. The van der Waals surface area contributed by atoms with Crippen molar-refractivity contribution in [2.24, 2.45) is 5.92 Å². The average Bonchev–Trinajstić information content (AvgIpc) is 3.02. The molecule has 0 radical (unpaired) electrons. The van der Waals surface area contributed by atoms with E-state index in [-0.39, 0.29) is 17.9 Å². The molecule has 1 saturated carbocycles. The number of aliphatic hydroxyl groups excluding tert-OH is 1. The predicted molar refractivity (Wildman–Crippen MR) is 91.0 cm³/mol. The van der Waals surface area contributed by atoms with E-state index in [0.29, 0.717) is 30.4 Å². The highest BCUT2D eigenvalue weighted by Gasteiger charge is 2.33. The van der Waals surface area contributed by atoms with Crippen LogP contribution >= 0.6 is 0 Å². The van der Waals surface area contributed by atoms with Crippen molar-refractivity contribution in [2.75, 3.05) is 12.4 Å². The third-order valence-corrected chi connectivity index (χ3v) is 4.33. The largest absolute Gasteiger partial charge is 0.467 e. The number of nitrogens with zero attached hydrogens (tertiary/aromatic N) is 3. The number of aromatic amines is 1. The first kappa shape index (κ1) is 15.5. The molecule has 8 heteroatoms. The Morgan fingerprint density at radius 3 is 2.96 bits per heavy atom. The summed E-state index contributed by atoms with van der Waals surface area (Å²) in [5.74, 6) is 0.234. The van der Waals surface area contributed by atoms with Crippen LogP contribution in [0, 0.1) is 5.92 Å². The molecule has 1 aliphatic carbocycles. The van der Waals surface area contributed by atoms with E-state index in [1.54, 1.807) is 24.5 Å². The number of ether oxygens (including phenoxy) is 1. The molecule has 0 atom stereocenters. The number of H-pyrrole nitrogens is 1. The van der Waals surface area contributed by atoms with Gasteiger partial charge in [0, 0.05) is 29.8 Å². The first-order valence-electron chi connectivity index (χ1n) is 7.97. The molecule has 3 heterocycles. The smallest absolute Gasteiger partial charge is 0.316 e. The highest BCUT2D eigenvalue weighted by atomic mass is 16.5. The molecule has 3 N–H and O–H groups in total. The van der Waals surface area contributed by atoms with Crippen molar-refractivity contribution in [3.8, 4) is 17.4 Å². The number of hydrogen-bond acceptors (Lipinski definition) is 6. The maximum atomic E-state index is 12.1. The molecule has 3 aromatic heterocycles. The van der Waals surface area contributed by atoms with Crippen LogP contribution in [-0.4, -0.2) is 44.2 Å². The monoisotopic (exact) mass is 339 g/mol. The maximum absolute atomic E-state index is 12.1. The zero-order valence-electron chi connectivity index (χ0n) is 13.6. The van der Waals surface area contributed by atoms with Gasteiger partial charge in [-0.3, -0.25) is 4.79 Å².